The molecule has 2 aromatic rings. The van der Waals surface area contributed by atoms with Gasteiger partial charge in [0, 0.05) is 5.02 Å². The lowest BCUT2D eigenvalue weighted by Gasteiger charge is -2.22. The molecule has 0 spiro atoms. The largest absolute Gasteiger partial charge is 0.282 e. The van der Waals surface area contributed by atoms with Crippen molar-refractivity contribution in [2.75, 3.05) is 0 Å². The summed E-state index contributed by atoms with van der Waals surface area (Å²) in [6.07, 6.45) is 0. The minimum absolute atomic E-state index is 0.0796. The third kappa shape index (κ3) is 2.28. The average Bonchev–Trinajstić information content (AvgIpc) is 2.44. The number of halogens is 1. The van der Waals surface area contributed by atoms with E-state index in [9.17, 15) is 8.42 Å². The normalized spacial score (nSPS) is 15.9. The first kappa shape index (κ1) is 13.1. The molecule has 0 aromatic heterocycles. The van der Waals surface area contributed by atoms with Gasteiger partial charge in [-0.1, -0.05) is 47.2 Å². The molecule has 0 aliphatic carbocycles. The van der Waals surface area contributed by atoms with Gasteiger partial charge in [-0.3, -0.25) is 0 Å². The van der Waals surface area contributed by atoms with Gasteiger partial charge in [-0.25, -0.2) is 0 Å². The Morgan fingerprint density at radius 3 is 2.60 bits per heavy atom. The van der Waals surface area contributed by atoms with E-state index in [1.54, 1.807) is 12.1 Å². The van der Waals surface area contributed by atoms with E-state index >= 15 is 0 Å². The van der Waals surface area contributed by atoms with Crippen molar-refractivity contribution in [3.63, 3.8) is 0 Å². The van der Waals surface area contributed by atoms with Crippen LogP contribution in [0.25, 0.3) is 0 Å². The third-order valence-electron chi connectivity index (χ3n) is 2.89. The zero-order valence-corrected chi connectivity index (χ0v) is 11.8. The molecule has 0 N–H and O–H groups in total. The molecule has 0 unspecified atom stereocenters. The van der Waals surface area contributed by atoms with Gasteiger partial charge < -0.3 is 0 Å². The number of benzene rings is 2. The smallest absolute Gasteiger partial charge is 0.199 e. The van der Waals surface area contributed by atoms with Crippen LogP contribution in [0.15, 0.2) is 63.8 Å². The molecular weight excluding hydrogens is 298 g/mol. The van der Waals surface area contributed by atoms with Gasteiger partial charge in [0.1, 0.15) is 10.6 Å². The van der Waals surface area contributed by atoms with E-state index < -0.39 is 10.0 Å². The van der Waals surface area contributed by atoms with Crippen LogP contribution in [0.4, 0.5) is 5.69 Å². The van der Waals surface area contributed by atoms with E-state index in [4.69, 9.17) is 11.6 Å². The topological polar surface area (TPSA) is 62.1 Å². The van der Waals surface area contributed by atoms with Crippen LogP contribution in [-0.4, -0.2) is 12.8 Å². The first-order chi connectivity index (χ1) is 9.57. The van der Waals surface area contributed by atoms with Crippen molar-refractivity contribution >= 4 is 27.3 Å². The van der Waals surface area contributed by atoms with Crippen molar-refractivity contribution in [1.29, 1.82) is 0 Å². The van der Waals surface area contributed by atoms with Crippen molar-refractivity contribution in [3.05, 3.63) is 59.1 Å². The zero-order valence-electron chi connectivity index (χ0n) is 10.3. The SMILES string of the molecule is O=S1(=O)c2cc(Cl)ccc2N=NN1Cc1ccccc1. The molecule has 102 valence electrons. The highest BCUT2D eigenvalue weighted by Crippen LogP contribution is 2.34. The molecule has 0 saturated heterocycles. The predicted octanol–water partition coefficient (Wildman–Crippen LogP) is 3.54. The summed E-state index contributed by atoms with van der Waals surface area (Å²) in [6, 6.07) is 13.7. The van der Waals surface area contributed by atoms with Gasteiger partial charge in [-0.2, -0.15) is 12.8 Å². The quantitative estimate of drug-likeness (QED) is 0.852. The van der Waals surface area contributed by atoms with Crippen LogP contribution in [0.3, 0.4) is 0 Å². The standard InChI is InChI=1S/C13H10ClN3O2S/c14-11-6-7-12-13(8-11)20(18,19)17(16-15-12)9-10-4-2-1-3-5-10/h1-8H,9H2. The van der Waals surface area contributed by atoms with E-state index in [1.165, 1.54) is 6.07 Å². The number of nitrogens with zero attached hydrogens (tertiary/aromatic N) is 3. The lowest BCUT2D eigenvalue weighted by Crippen LogP contribution is -2.27. The summed E-state index contributed by atoms with van der Waals surface area (Å²) in [5.74, 6) is 0. The fraction of sp³-hybridized carbons (Fsp3) is 0.0769. The maximum absolute atomic E-state index is 12.5. The first-order valence-electron chi connectivity index (χ1n) is 5.85. The zero-order chi connectivity index (χ0) is 14.2. The molecule has 5 nitrogen and oxygen atoms in total. The molecule has 1 heterocycles. The van der Waals surface area contributed by atoms with Crippen molar-refractivity contribution in [1.82, 2.24) is 4.41 Å². The molecule has 20 heavy (non-hydrogen) atoms. The maximum atomic E-state index is 12.5. The second-order valence-corrected chi connectivity index (χ2v) is 6.52. The molecule has 0 fully saturated rings. The Labute approximate surface area is 121 Å². The van der Waals surface area contributed by atoms with Crippen molar-refractivity contribution in [2.24, 2.45) is 10.3 Å². The van der Waals surface area contributed by atoms with Crippen LogP contribution in [0.1, 0.15) is 5.56 Å². The molecule has 0 radical (unpaired) electrons. The molecule has 3 rings (SSSR count). The number of hydrogen-bond donors (Lipinski definition) is 0. The highest BCUT2D eigenvalue weighted by atomic mass is 35.5. The van der Waals surface area contributed by atoms with Gasteiger partial charge in [0.15, 0.2) is 0 Å². The van der Waals surface area contributed by atoms with Crippen LogP contribution in [0, 0.1) is 0 Å². The van der Waals surface area contributed by atoms with Crippen LogP contribution in [0.5, 0.6) is 0 Å². The number of fused-ring (bicyclic) bond motifs is 1. The molecule has 7 heteroatoms. The minimum Gasteiger partial charge on any atom is -0.199 e. The fourth-order valence-corrected chi connectivity index (χ4v) is 3.46. The van der Waals surface area contributed by atoms with Crippen LogP contribution >= 0.6 is 11.6 Å². The fourth-order valence-electron chi connectivity index (χ4n) is 1.89. The summed E-state index contributed by atoms with van der Waals surface area (Å²) in [4.78, 5) is 0.0796. The monoisotopic (exact) mass is 307 g/mol. The molecule has 0 atom stereocenters. The van der Waals surface area contributed by atoms with Crippen molar-refractivity contribution < 1.29 is 8.42 Å². The Morgan fingerprint density at radius 2 is 1.85 bits per heavy atom. The summed E-state index contributed by atoms with van der Waals surface area (Å²) in [6.45, 7) is 0.138. The molecule has 0 saturated carbocycles. The Morgan fingerprint density at radius 1 is 1.10 bits per heavy atom. The second kappa shape index (κ2) is 4.88. The van der Waals surface area contributed by atoms with Gasteiger partial charge in [0.2, 0.25) is 0 Å². The van der Waals surface area contributed by atoms with E-state index in [1.807, 2.05) is 30.3 Å². The van der Waals surface area contributed by atoms with Crippen molar-refractivity contribution in [3.8, 4) is 0 Å². The number of rotatable bonds is 2. The van der Waals surface area contributed by atoms with E-state index in [0.29, 0.717) is 10.7 Å². The van der Waals surface area contributed by atoms with Gasteiger partial charge >= 0.3 is 0 Å². The number of hydrogen-bond acceptors (Lipinski definition) is 4. The molecule has 1 aliphatic heterocycles. The Kier molecular flexibility index (Phi) is 3.19. The molecule has 0 amide bonds. The Bertz CT molecular complexity index is 775. The summed E-state index contributed by atoms with van der Waals surface area (Å²) in [7, 11) is -3.72. The highest BCUT2D eigenvalue weighted by Gasteiger charge is 2.30. The summed E-state index contributed by atoms with van der Waals surface area (Å²) in [5.41, 5.74) is 1.14. The lowest BCUT2D eigenvalue weighted by atomic mass is 10.2. The van der Waals surface area contributed by atoms with E-state index in [0.717, 1.165) is 9.98 Å². The maximum Gasteiger partial charge on any atom is 0.282 e. The molecule has 2 aromatic carbocycles. The first-order valence-corrected chi connectivity index (χ1v) is 7.67. The van der Waals surface area contributed by atoms with E-state index in [2.05, 4.69) is 10.3 Å². The van der Waals surface area contributed by atoms with Gasteiger partial charge in [-0.15, -0.1) is 5.11 Å². The van der Waals surface area contributed by atoms with E-state index in [-0.39, 0.29) is 11.4 Å². The molecular formula is C13H10ClN3O2S. The summed E-state index contributed by atoms with van der Waals surface area (Å²) >= 11 is 5.86. The lowest BCUT2D eigenvalue weighted by molar-refractivity contribution is 0.398. The predicted molar refractivity (Wildman–Crippen MR) is 75.1 cm³/mol. The van der Waals surface area contributed by atoms with Crippen LogP contribution < -0.4 is 0 Å². The molecule has 1 aliphatic rings. The van der Waals surface area contributed by atoms with Gasteiger partial charge in [0.05, 0.1) is 6.54 Å². The van der Waals surface area contributed by atoms with Crippen LogP contribution in [-0.2, 0) is 16.6 Å². The Balaban J connectivity index is 2.01. The van der Waals surface area contributed by atoms with Gasteiger partial charge in [-0.05, 0) is 23.8 Å². The summed E-state index contributed by atoms with van der Waals surface area (Å²) in [5, 5.41) is 8.05. The summed E-state index contributed by atoms with van der Waals surface area (Å²) < 4.78 is 25.9. The second-order valence-electron chi connectivity index (χ2n) is 4.27. The third-order valence-corrected chi connectivity index (χ3v) is 4.77. The minimum atomic E-state index is -3.72. The Hall–Kier alpha value is -1.92. The van der Waals surface area contributed by atoms with Crippen LogP contribution in [0.2, 0.25) is 5.02 Å². The average molecular weight is 308 g/mol. The van der Waals surface area contributed by atoms with Gasteiger partial charge in [0.25, 0.3) is 10.0 Å². The molecule has 0 bridgehead atoms. The number of sulfonamides is 1. The highest BCUT2D eigenvalue weighted by molar-refractivity contribution is 7.89. The van der Waals surface area contributed by atoms with Crippen molar-refractivity contribution in [2.45, 2.75) is 11.4 Å².